The van der Waals surface area contributed by atoms with Crippen molar-refractivity contribution < 1.29 is 0 Å². The molecule has 0 N–H and O–H groups in total. The standard InChI is InChI=1S/C16H20BrN3/c1-12-10-19-7-3-2-4-15(19)11-20(12)16-8-14(17)6-5-13(16)9-18/h5-6,8,12,15H,2-4,7,10-11H2,1H3. The fourth-order valence-corrected chi connectivity index (χ4v) is 3.87. The lowest BCUT2D eigenvalue weighted by atomic mass is 9.96. The third-order valence-corrected chi connectivity index (χ3v) is 5.07. The third kappa shape index (κ3) is 2.57. The maximum atomic E-state index is 9.36. The zero-order valence-electron chi connectivity index (χ0n) is 11.8. The number of nitrogens with zero attached hydrogens (tertiary/aromatic N) is 3. The summed E-state index contributed by atoms with van der Waals surface area (Å²) in [7, 11) is 0. The van der Waals surface area contributed by atoms with Crippen LogP contribution in [0.2, 0.25) is 0 Å². The number of hydrogen-bond donors (Lipinski definition) is 0. The van der Waals surface area contributed by atoms with Crippen molar-refractivity contribution in [1.82, 2.24) is 4.90 Å². The van der Waals surface area contributed by atoms with Gasteiger partial charge in [-0.1, -0.05) is 22.4 Å². The smallest absolute Gasteiger partial charge is 0.101 e. The Morgan fingerprint density at radius 3 is 2.95 bits per heavy atom. The van der Waals surface area contributed by atoms with E-state index in [2.05, 4.69) is 44.8 Å². The van der Waals surface area contributed by atoms with Gasteiger partial charge in [-0.25, -0.2) is 0 Å². The third-order valence-electron chi connectivity index (χ3n) is 4.58. The zero-order valence-corrected chi connectivity index (χ0v) is 13.4. The maximum absolute atomic E-state index is 9.36. The Kier molecular flexibility index (Phi) is 4.00. The lowest BCUT2D eigenvalue weighted by Gasteiger charge is -2.48. The Bertz CT molecular complexity index is 537. The van der Waals surface area contributed by atoms with Gasteiger partial charge in [0.1, 0.15) is 6.07 Å². The van der Waals surface area contributed by atoms with E-state index in [1.54, 1.807) is 0 Å². The second-order valence-corrected chi connectivity index (χ2v) is 6.83. The Morgan fingerprint density at radius 1 is 1.30 bits per heavy atom. The van der Waals surface area contributed by atoms with Crippen LogP contribution in [0.4, 0.5) is 5.69 Å². The molecule has 0 amide bonds. The topological polar surface area (TPSA) is 30.3 Å². The van der Waals surface area contributed by atoms with Crippen LogP contribution in [0.3, 0.4) is 0 Å². The molecule has 0 saturated carbocycles. The summed E-state index contributed by atoms with van der Waals surface area (Å²) in [4.78, 5) is 5.06. The molecular weight excluding hydrogens is 314 g/mol. The molecule has 2 atom stereocenters. The molecule has 3 nitrogen and oxygen atoms in total. The predicted molar refractivity (Wildman–Crippen MR) is 84.9 cm³/mol. The first-order valence-corrected chi connectivity index (χ1v) is 8.18. The number of rotatable bonds is 1. The van der Waals surface area contributed by atoms with Crippen LogP contribution < -0.4 is 4.90 Å². The Labute approximate surface area is 129 Å². The zero-order chi connectivity index (χ0) is 14.1. The molecule has 0 aliphatic carbocycles. The van der Waals surface area contributed by atoms with Gasteiger partial charge in [-0.3, -0.25) is 4.90 Å². The first kappa shape index (κ1) is 13.9. The molecular formula is C16H20BrN3. The Balaban J connectivity index is 1.90. The summed E-state index contributed by atoms with van der Waals surface area (Å²) in [6.45, 7) is 5.67. The van der Waals surface area contributed by atoms with Gasteiger partial charge < -0.3 is 4.90 Å². The average molecular weight is 334 g/mol. The number of fused-ring (bicyclic) bond motifs is 1. The first-order valence-electron chi connectivity index (χ1n) is 7.39. The number of halogens is 1. The number of anilines is 1. The van der Waals surface area contributed by atoms with Crippen molar-refractivity contribution in [1.29, 1.82) is 5.26 Å². The summed E-state index contributed by atoms with van der Waals surface area (Å²) in [6, 6.07) is 9.41. The van der Waals surface area contributed by atoms with Crippen LogP contribution in [0.1, 0.15) is 31.7 Å². The highest BCUT2D eigenvalue weighted by molar-refractivity contribution is 9.10. The van der Waals surface area contributed by atoms with Crippen LogP contribution in [0.15, 0.2) is 22.7 Å². The highest BCUT2D eigenvalue weighted by Crippen LogP contribution is 2.31. The van der Waals surface area contributed by atoms with Crippen LogP contribution >= 0.6 is 15.9 Å². The first-order chi connectivity index (χ1) is 9.69. The predicted octanol–water partition coefficient (Wildman–Crippen LogP) is 3.38. The molecule has 0 bridgehead atoms. The number of nitriles is 1. The van der Waals surface area contributed by atoms with Gasteiger partial charge in [0.15, 0.2) is 0 Å². The molecule has 2 heterocycles. The molecule has 20 heavy (non-hydrogen) atoms. The minimum atomic E-state index is 0.464. The van der Waals surface area contributed by atoms with E-state index >= 15 is 0 Å². The van der Waals surface area contributed by atoms with Gasteiger partial charge in [-0.05, 0) is 44.5 Å². The molecule has 3 rings (SSSR count). The maximum Gasteiger partial charge on any atom is 0.101 e. The van der Waals surface area contributed by atoms with Gasteiger partial charge in [0, 0.05) is 29.6 Å². The van der Waals surface area contributed by atoms with Gasteiger partial charge in [0.2, 0.25) is 0 Å². The highest BCUT2D eigenvalue weighted by Gasteiger charge is 2.33. The van der Waals surface area contributed by atoms with Crippen LogP contribution in [-0.4, -0.2) is 36.6 Å². The largest absolute Gasteiger partial charge is 0.365 e. The molecule has 2 aliphatic rings. The summed E-state index contributed by atoms with van der Waals surface area (Å²) in [6.07, 6.45) is 3.97. The lowest BCUT2D eigenvalue weighted by molar-refractivity contribution is 0.115. The van der Waals surface area contributed by atoms with Gasteiger partial charge >= 0.3 is 0 Å². The molecule has 2 fully saturated rings. The molecule has 0 spiro atoms. The van der Waals surface area contributed by atoms with Gasteiger partial charge in [0.05, 0.1) is 11.3 Å². The quantitative estimate of drug-likeness (QED) is 0.789. The Hall–Kier alpha value is -1.05. The van der Waals surface area contributed by atoms with Crippen LogP contribution in [-0.2, 0) is 0 Å². The van der Waals surface area contributed by atoms with E-state index in [4.69, 9.17) is 0 Å². The van der Waals surface area contributed by atoms with E-state index in [1.165, 1.54) is 25.8 Å². The molecule has 106 valence electrons. The van der Waals surface area contributed by atoms with E-state index in [-0.39, 0.29) is 0 Å². The number of piperazine rings is 1. The van der Waals surface area contributed by atoms with Crippen molar-refractivity contribution in [2.75, 3.05) is 24.5 Å². The SMILES string of the molecule is CC1CN2CCCCC2CN1c1cc(Br)ccc1C#N. The summed E-state index contributed by atoms with van der Waals surface area (Å²) in [5.74, 6) is 0. The van der Waals surface area contributed by atoms with Crippen molar-refractivity contribution in [3.8, 4) is 6.07 Å². The van der Waals surface area contributed by atoms with Gasteiger partial charge in [0.25, 0.3) is 0 Å². The summed E-state index contributed by atoms with van der Waals surface area (Å²) in [5.41, 5.74) is 1.86. The van der Waals surface area contributed by atoms with Crippen LogP contribution in [0, 0.1) is 11.3 Å². The molecule has 2 aliphatic heterocycles. The number of piperidine rings is 1. The summed E-state index contributed by atoms with van der Waals surface area (Å²) in [5, 5.41) is 9.36. The molecule has 1 aromatic carbocycles. The molecule has 1 aromatic rings. The van der Waals surface area contributed by atoms with Crippen molar-refractivity contribution in [3.63, 3.8) is 0 Å². The van der Waals surface area contributed by atoms with Crippen molar-refractivity contribution in [2.45, 2.75) is 38.3 Å². The second kappa shape index (κ2) is 5.75. The number of hydrogen-bond acceptors (Lipinski definition) is 3. The van der Waals surface area contributed by atoms with E-state index < -0.39 is 0 Å². The highest BCUT2D eigenvalue weighted by atomic mass is 79.9. The van der Waals surface area contributed by atoms with Crippen molar-refractivity contribution >= 4 is 21.6 Å². The van der Waals surface area contributed by atoms with Crippen LogP contribution in [0.5, 0.6) is 0 Å². The monoisotopic (exact) mass is 333 g/mol. The normalized spacial score (nSPS) is 26.9. The van der Waals surface area contributed by atoms with E-state index in [0.29, 0.717) is 12.1 Å². The van der Waals surface area contributed by atoms with Gasteiger partial charge in [-0.2, -0.15) is 5.26 Å². The molecule has 4 heteroatoms. The molecule has 0 aromatic heterocycles. The molecule has 2 saturated heterocycles. The fourth-order valence-electron chi connectivity index (χ4n) is 3.52. The minimum absolute atomic E-state index is 0.464. The van der Waals surface area contributed by atoms with Gasteiger partial charge in [-0.15, -0.1) is 0 Å². The summed E-state index contributed by atoms with van der Waals surface area (Å²) < 4.78 is 1.05. The minimum Gasteiger partial charge on any atom is -0.365 e. The molecule has 0 radical (unpaired) electrons. The number of benzene rings is 1. The average Bonchev–Trinajstić information content (AvgIpc) is 2.46. The lowest BCUT2D eigenvalue weighted by Crippen LogP contribution is -2.59. The Morgan fingerprint density at radius 2 is 2.15 bits per heavy atom. The van der Waals surface area contributed by atoms with E-state index in [9.17, 15) is 5.26 Å². The molecule has 2 unspecified atom stereocenters. The van der Waals surface area contributed by atoms with E-state index in [0.717, 1.165) is 28.8 Å². The second-order valence-electron chi connectivity index (χ2n) is 5.92. The summed E-state index contributed by atoms with van der Waals surface area (Å²) >= 11 is 3.53. The van der Waals surface area contributed by atoms with Crippen molar-refractivity contribution in [2.24, 2.45) is 0 Å². The fraction of sp³-hybridized carbons (Fsp3) is 0.562. The van der Waals surface area contributed by atoms with E-state index in [1.807, 2.05) is 12.1 Å². The van der Waals surface area contributed by atoms with Crippen molar-refractivity contribution in [3.05, 3.63) is 28.2 Å². The van der Waals surface area contributed by atoms with Crippen LogP contribution in [0.25, 0.3) is 0 Å².